The zero-order valence-corrected chi connectivity index (χ0v) is 18.6. The van der Waals surface area contributed by atoms with E-state index in [1.165, 1.54) is 0 Å². The van der Waals surface area contributed by atoms with Gasteiger partial charge in [-0.1, -0.05) is 24.1 Å². The highest BCUT2D eigenvalue weighted by atomic mass is 32.2. The Labute approximate surface area is 185 Å². The zero-order chi connectivity index (χ0) is 23.1. The van der Waals surface area contributed by atoms with E-state index in [4.69, 9.17) is 5.73 Å². The normalized spacial score (nSPS) is 11.8. The van der Waals surface area contributed by atoms with Crippen LogP contribution in [0.3, 0.4) is 0 Å². The van der Waals surface area contributed by atoms with Crippen molar-refractivity contribution in [2.45, 2.75) is 13.8 Å². The Kier molecular flexibility index (Phi) is 5.11. The van der Waals surface area contributed by atoms with E-state index >= 15 is 0 Å². The lowest BCUT2D eigenvalue weighted by atomic mass is 9.93. The van der Waals surface area contributed by atoms with Crippen LogP contribution in [0.1, 0.15) is 19.5 Å². The number of carbonyl (C=O) groups is 1. The fourth-order valence-electron chi connectivity index (χ4n) is 3.21. The van der Waals surface area contributed by atoms with Crippen molar-refractivity contribution in [2.24, 2.45) is 11.1 Å². The van der Waals surface area contributed by atoms with Crippen molar-refractivity contribution in [1.82, 2.24) is 14.6 Å². The van der Waals surface area contributed by atoms with Crippen molar-refractivity contribution >= 4 is 37.9 Å². The van der Waals surface area contributed by atoms with Gasteiger partial charge >= 0.3 is 0 Å². The molecule has 0 radical (unpaired) electrons. The van der Waals surface area contributed by atoms with Gasteiger partial charge in [-0.15, -0.1) is 0 Å². The van der Waals surface area contributed by atoms with Crippen molar-refractivity contribution < 1.29 is 13.2 Å². The van der Waals surface area contributed by atoms with Crippen LogP contribution in [0.25, 0.3) is 27.4 Å². The number of nitrogens with zero attached hydrogens (tertiary/aromatic N) is 3. The molecule has 2 aromatic heterocycles. The molecule has 3 N–H and O–H groups in total. The van der Waals surface area contributed by atoms with Crippen molar-refractivity contribution in [1.29, 1.82) is 0 Å². The second kappa shape index (κ2) is 7.66. The topological polar surface area (TPSA) is 119 Å². The van der Waals surface area contributed by atoms with Gasteiger partial charge in [0.25, 0.3) is 0 Å². The van der Waals surface area contributed by atoms with Crippen LogP contribution in [0.15, 0.2) is 55.0 Å². The van der Waals surface area contributed by atoms with Crippen LogP contribution < -0.4 is 10.5 Å². The molecule has 0 atom stereocenters. The number of benzene rings is 2. The first-order chi connectivity index (χ1) is 15.0. The molecule has 0 aliphatic carbocycles. The monoisotopic (exact) mass is 447 g/mol. The summed E-state index contributed by atoms with van der Waals surface area (Å²) in [4.78, 5) is 16.0. The summed E-state index contributed by atoms with van der Waals surface area (Å²) in [5, 5.41) is 6.24. The first kappa shape index (κ1) is 21.3. The molecule has 4 rings (SSSR count). The van der Waals surface area contributed by atoms with Gasteiger partial charge in [-0.2, -0.15) is 5.10 Å². The van der Waals surface area contributed by atoms with Gasteiger partial charge < -0.3 is 5.73 Å². The van der Waals surface area contributed by atoms with Crippen molar-refractivity contribution in [3.63, 3.8) is 0 Å². The summed E-state index contributed by atoms with van der Waals surface area (Å²) < 4.78 is 27.2. The first-order valence-corrected chi connectivity index (χ1v) is 11.6. The summed E-state index contributed by atoms with van der Waals surface area (Å²) in [6.07, 6.45) is 6.18. The minimum atomic E-state index is -3.35. The number of sulfonamides is 1. The molecule has 0 aliphatic rings. The molecule has 32 heavy (non-hydrogen) atoms. The Bertz CT molecular complexity index is 1540. The number of hydrogen-bond acceptors (Lipinski definition) is 5. The average Bonchev–Trinajstić information content (AvgIpc) is 3.15. The van der Waals surface area contributed by atoms with Crippen molar-refractivity contribution in [3.8, 4) is 23.0 Å². The van der Waals surface area contributed by atoms with Crippen LogP contribution in [0, 0.1) is 17.3 Å². The third-order valence-electron chi connectivity index (χ3n) is 5.00. The minimum Gasteiger partial charge on any atom is -0.368 e. The molecule has 4 aromatic rings. The highest BCUT2D eigenvalue weighted by Crippen LogP contribution is 2.30. The van der Waals surface area contributed by atoms with E-state index in [1.807, 2.05) is 24.3 Å². The number of carbonyl (C=O) groups excluding carboxylic acids is 1. The summed E-state index contributed by atoms with van der Waals surface area (Å²) >= 11 is 0. The summed E-state index contributed by atoms with van der Waals surface area (Å²) in [5.74, 6) is 5.38. The lowest BCUT2D eigenvalue weighted by molar-refractivity contribution is -0.123. The lowest BCUT2D eigenvalue weighted by Gasteiger charge is -2.11. The minimum absolute atomic E-state index is 0.488. The van der Waals surface area contributed by atoms with Gasteiger partial charge in [-0.3, -0.25) is 9.52 Å². The summed E-state index contributed by atoms with van der Waals surface area (Å²) in [5.41, 5.74) is 7.88. The highest BCUT2D eigenvalue weighted by molar-refractivity contribution is 7.92. The molecule has 162 valence electrons. The quantitative estimate of drug-likeness (QED) is 0.466. The number of anilines is 1. The predicted molar refractivity (Wildman–Crippen MR) is 124 cm³/mol. The van der Waals surface area contributed by atoms with Crippen molar-refractivity contribution in [2.75, 3.05) is 11.0 Å². The van der Waals surface area contributed by atoms with Crippen LogP contribution >= 0.6 is 0 Å². The Hall–Kier alpha value is -3.90. The molecule has 8 nitrogen and oxygen atoms in total. The van der Waals surface area contributed by atoms with E-state index in [0.29, 0.717) is 11.4 Å². The number of nitrogens with two attached hydrogens (primary N) is 1. The number of hydrogen-bond donors (Lipinski definition) is 2. The molecular weight excluding hydrogens is 426 g/mol. The summed E-state index contributed by atoms with van der Waals surface area (Å²) in [6, 6.07) is 11.2. The van der Waals surface area contributed by atoms with Crippen LogP contribution in [-0.2, 0) is 14.8 Å². The number of primary amides is 1. The maximum absolute atomic E-state index is 11.6. The van der Waals surface area contributed by atoms with Crippen LogP contribution in [0.2, 0.25) is 0 Å². The number of rotatable bonds is 4. The molecule has 1 amide bonds. The second-order valence-electron chi connectivity index (χ2n) is 8.02. The largest absolute Gasteiger partial charge is 0.368 e. The molecule has 0 bridgehead atoms. The smallest absolute Gasteiger partial charge is 0.235 e. The molecule has 0 aliphatic heterocycles. The van der Waals surface area contributed by atoms with E-state index in [2.05, 4.69) is 26.6 Å². The summed E-state index contributed by atoms with van der Waals surface area (Å²) in [6.45, 7) is 3.33. The fourth-order valence-corrected chi connectivity index (χ4v) is 3.77. The maximum Gasteiger partial charge on any atom is 0.235 e. The number of amides is 1. The Balaban J connectivity index is 1.81. The molecule has 2 aromatic carbocycles. The van der Waals surface area contributed by atoms with E-state index in [1.54, 1.807) is 49.1 Å². The number of aromatic nitrogens is 3. The molecule has 2 heterocycles. The van der Waals surface area contributed by atoms with Crippen LogP contribution in [0.4, 0.5) is 5.69 Å². The Morgan fingerprint density at radius 2 is 1.88 bits per heavy atom. The maximum atomic E-state index is 11.6. The van der Waals surface area contributed by atoms with E-state index in [0.717, 1.165) is 33.7 Å². The predicted octanol–water partition coefficient (Wildman–Crippen LogP) is 2.78. The third kappa shape index (κ3) is 4.26. The van der Waals surface area contributed by atoms with Crippen LogP contribution in [-0.4, -0.2) is 35.2 Å². The van der Waals surface area contributed by atoms with E-state index < -0.39 is 21.3 Å². The third-order valence-corrected chi connectivity index (χ3v) is 5.60. The van der Waals surface area contributed by atoms with Gasteiger partial charge in [-0.25, -0.2) is 17.9 Å². The zero-order valence-electron chi connectivity index (χ0n) is 17.7. The summed E-state index contributed by atoms with van der Waals surface area (Å²) in [7, 11) is -3.35. The number of nitrogens with one attached hydrogen (secondary N) is 1. The second-order valence-corrected chi connectivity index (χ2v) is 9.77. The van der Waals surface area contributed by atoms with Gasteiger partial charge in [0.1, 0.15) is 16.6 Å². The van der Waals surface area contributed by atoms with E-state index in [9.17, 15) is 13.2 Å². The van der Waals surface area contributed by atoms with Gasteiger partial charge in [0.2, 0.25) is 15.9 Å². The van der Waals surface area contributed by atoms with Crippen molar-refractivity contribution in [3.05, 3.63) is 60.7 Å². The van der Waals surface area contributed by atoms with Crippen LogP contribution in [0.5, 0.6) is 0 Å². The standard InChI is InChI=1S/C23H21N5O3S/c1-23(2,22(24)29)9-8-20-21-19(14-26-28(21)11-10-25-20)17-5-4-16-13-18(27-32(3,30)31)7-6-15(16)12-17/h4-7,10-14,27H,1-3H3,(H2,24,29). The average molecular weight is 448 g/mol. The SMILES string of the molecule is CC(C)(C#Cc1nccn2ncc(-c3ccc4cc(NS(C)(=O)=O)ccc4c3)c12)C(N)=O. The molecule has 0 saturated carbocycles. The van der Waals surface area contributed by atoms with Gasteiger partial charge in [0, 0.05) is 23.6 Å². The number of fused-ring (bicyclic) bond motifs is 2. The lowest BCUT2D eigenvalue weighted by Crippen LogP contribution is -2.29. The fraction of sp³-hybridized carbons (Fsp3) is 0.174. The molecular formula is C23H21N5O3S. The molecule has 9 heteroatoms. The molecule has 0 unspecified atom stereocenters. The molecule has 0 spiro atoms. The van der Waals surface area contributed by atoms with Gasteiger partial charge in [0.05, 0.1) is 12.5 Å². The molecule has 0 saturated heterocycles. The van der Waals surface area contributed by atoms with Gasteiger partial charge in [-0.05, 0) is 54.3 Å². The highest BCUT2D eigenvalue weighted by Gasteiger charge is 2.22. The molecule has 0 fully saturated rings. The first-order valence-electron chi connectivity index (χ1n) is 9.71. The van der Waals surface area contributed by atoms with Gasteiger partial charge in [0.15, 0.2) is 0 Å². The van der Waals surface area contributed by atoms with E-state index in [-0.39, 0.29) is 0 Å². The Morgan fingerprint density at radius 3 is 2.59 bits per heavy atom. The Morgan fingerprint density at radius 1 is 1.16 bits per heavy atom.